The van der Waals surface area contributed by atoms with Crippen LogP contribution in [0.5, 0.6) is 0 Å². The number of hydrogen-bond acceptors (Lipinski definition) is 0. The zero-order chi connectivity index (χ0) is 10.7. The molecule has 0 radical (unpaired) electrons. The summed E-state index contributed by atoms with van der Waals surface area (Å²) < 4.78 is 0. The SMILES string of the molecule is CC/C(C)=C(\C)c1cc(C)ccc1C. The smallest absolute Gasteiger partial charge is 0.0196 e. The Bertz CT molecular complexity index is 356. The van der Waals surface area contributed by atoms with Crippen molar-refractivity contribution in [3.8, 4) is 0 Å². The minimum Gasteiger partial charge on any atom is -0.0701 e. The van der Waals surface area contributed by atoms with Crippen LogP contribution in [0.4, 0.5) is 0 Å². The first-order valence-electron chi connectivity index (χ1n) is 5.30. The van der Waals surface area contributed by atoms with Crippen LogP contribution in [0, 0.1) is 13.8 Å². The van der Waals surface area contributed by atoms with E-state index in [-0.39, 0.29) is 0 Å². The summed E-state index contributed by atoms with van der Waals surface area (Å²) >= 11 is 0. The maximum absolute atomic E-state index is 2.28. The second-order valence-corrected chi connectivity index (χ2v) is 4.08. The fraction of sp³-hybridized carbons (Fsp3) is 0.429. The third kappa shape index (κ3) is 2.25. The Hall–Kier alpha value is -1.04. The van der Waals surface area contributed by atoms with Gasteiger partial charge < -0.3 is 0 Å². The maximum Gasteiger partial charge on any atom is -0.0196 e. The van der Waals surface area contributed by atoms with Crippen LogP contribution in [0.25, 0.3) is 5.57 Å². The van der Waals surface area contributed by atoms with Gasteiger partial charge in [-0.2, -0.15) is 0 Å². The molecule has 0 heteroatoms. The molecule has 0 amide bonds. The van der Waals surface area contributed by atoms with Gasteiger partial charge in [0.15, 0.2) is 0 Å². The summed E-state index contributed by atoms with van der Waals surface area (Å²) in [5.74, 6) is 0. The Morgan fingerprint density at radius 3 is 2.36 bits per heavy atom. The van der Waals surface area contributed by atoms with E-state index in [4.69, 9.17) is 0 Å². The molecule has 0 spiro atoms. The van der Waals surface area contributed by atoms with Gasteiger partial charge in [-0.15, -0.1) is 0 Å². The summed E-state index contributed by atoms with van der Waals surface area (Å²) in [4.78, 5) is 0. The molecule has 0 heterocycles. The Kier molecular flexibility index (Phi) is 3.51. The topological polar surface area (TPSA) is 0 Å². The summed E-state index contributed by atoms with van der Waals surface area (Å²) in [6.07, 6.45) is 1.14. The lowest BCUT2D eigenvalue weighted by molar-refractivity contribution is 1.10. The predicted octanol–water partition coefficient (Wildman–Crippen LogP) is 4.51. The van der Waals surface area contributed by atoms with Crippen molar-refractivity contribution in [3.05, 3.63) is 40.5 Å². The van der Waals surface area contributed by atoms with E-state index in [1.165, 1.54) is 27.8 Å². The number of rotatable bonds is 2. The van der Waals surface area contributed by atoms with Crippen molar-refractivity contribution >= 4 is 5.57 Å². The van der Waals surface area contributed by atoms with E-state index < -0.39 is 0 Å². The molecule has 0 saturated carbocycles. The molecule has 0 bridgehead atoms. The van der Waals surface area contributed by atoms with Gasteiger partial charge in [0.1, 0.15) is 0 Å². The second-order valence-electron chi connectivity index (χ2n) is 4.08. The molecule has 0 aromatic heterocycles. The van der Waals surface area contributed by atoms with Crippen LogP contribution in [-0.4, -0.2) is 0 Å². The van der Waals surface area contributed by atoms with E-state index in [1.807, 2.05) is 0 Å². The highest BCUT2D eigenvalue weighted by Gasteiger charge is 2.03. The fourth-order valence-electron chi connectivity index (χ4n) is 1.63. The Balaban J connectivity index is 3.25. The molecule has 1 aromatic carbocycles. The molecule has 0 fully saturated rings. The summed E-state index contributed by atoms with van der Waals surface area (Å²) in [6.45, 7) is 11.0. The first kappa shape index (κ1) is 11.0. The van der Waals surface area contributed by atoms with Crippen LogP contribution in [0.2, 0.25) is 0 Å². The number of aryl methyl sites for hydroxylation is 2. The zero-order valence-electron chi connectivity index (χ0n) is 9.94. The lowest BCUT2D eigenvalue weighted by Crippen LogP contribution is -1.90. The molecule has 14 heavy (non-hydrogen) atoms. The average molecular weight is 188 g/mol. The van der Waals surface area contributed by atoms with Gasteiger partial charge in [0.2, 0.25) is 0 Å². The third-order valence-corrected chi connectivity index (χ3v) is 2.97. The van der Waals surface area contributed by atoms with Gasteiger partial charge in [0, 0.05) is 0 Å². The highest BCUT2D eigenvalue weighted by molar-refractivity contribution is 5.69. The van der Waals surface area contributed by atoms with E-state index in [1.54, 1.807) is 0 Å². The minimum atomic E-state index is 1.14. The lowest BCUT2D eigenvalue weighted by atomic mass is 9.95. The van der Waals surface area contributed by atoms with Crippen molar-refractivity contribution in [2.75, 3.05) is 0 Å². The Morgan fingerprint density at radius 2 is 1.79 bits per heavy atom. The van der Waals surface area contributed by atoms with Crippen molar-refractivity contribution in [2.45, 2.75) is 41.0 Å². The molecule has 0 unspecified atom stereocenters. The third-order valence-electron chi connectivity index (χ3n) is 2.97. The molecule has 0 atom stereocenters. The molecule has 0 saturated heterocycles. The van der Waals surface area contributed by atoms with E-state index >= 15 is 0 Å². The highest BCUT2D eigenvalue weighted by atomic mass is 14.1. The molecule has 0 aliphatic heterocycles. The quantitative estimate of drug-likeness (QED) is 0.640. The summed E-state index contributed by atoms with van der Waals surface area (Å²) in [5, 5.41) is 0. The molecule has 0 aliphatic carbocycles. The van der Waals surface area contributed by atoms with Gasteiger partial charge in [-0.3, -0.25) is 0 Å². The van der Waals surface area contributed by atoms with Crippen LogP contribution in [0.15, 0.2) is 23.8 Å². The number of benzene rings is 1. The van der Waals surface area contributed by atoms with Gasteiger partial charge in [-0.25, -0.2) is 0 Å². The van der Waals surface area contributed by atoms with Gasteiger partial charge >= 0.3 is 0 Å². The Morgan fingerprint density at radius 1 is 1.14 bits per heavy atom. The highest BCUT2D eigenvalue weighted by Crippen LogP contribution is 2.24. The van der Waals surface area contributed by atoms with Crippen LogP contribution in [0.3, 0.4) is 0 Å². The normalized spacial score (nSPS) is 12.6. The molecule has 76 valence electrons. The largest absolute Gasteiger partial charge is 0.0701 e. The first-order chi connectivity index (χ1) is 6.56. The number of hydrogen-bond donors (Lipinski definition) is 0. The standard InChI is InChI=1S/C14H20/c1-6-11(3)13(5)14-9-10(2)7-8-12(14)4/h7-9H,6H2,1-5H3/b13-11+. The number of allylic oxidation sites excluding steroid dienone is 2. The van der Waals surface area contributed by atoms with Crippen LogP contribution in [0.1, 0.15) is 43.9 Å². The van der Waals surface area contributed by atoms with E-state index in [0.29, 0.717) is 0 Å². The average Bonchev–Trinajstić information content (AvgIpc) is 2.19. The van der Waals surface area contributed by atoms with Crippen molar-refractivity contribution in [1.29, 1.82) is 0 Å². The van der Waals surface area contributed by atoms with Crippen molar-refractivity contribution in [2.24, 2.45) is 0 Å². The van der Waals surface area contributed by atoms with Gasteiger partial charge in [-0.05, 0) is 50.8 Å². The van der Waals surface area contributed by atoms with Crippen molar-refractivity contribution in [3.63, 3.8) is 0 Å². The van der Waals surface area contributed by atoms with Gasteiger partial charge in [0.25, 0.3) is 0 Å². The van der Waals surface area contributed by atoms with Gasteiger partial charge in [0.05, 0.1) is 0 Å². The van der Waals surface area contributed by atoms with E-state index in [2.05, 4.69) is 52.8 Å². The zero-order valence-corrected chi connectivity index (χ0v) is 9.94. The van der Waals surface area contributed by atoms with Crippen LogP contribution < -0.4 is 0 Å². The lowest BCUT2D eigenvalue weighted by Gasteiger charge is -2.10. The summed E-state index contributed by atoms with van der Waals surface area (Å²) in [7, 11) is 0. The van der Waals surface area contributed by atoms with Gasteiger partial charge in [-0.1, -0.05) is 36.3 Å². The van der Waals surface area contributed by atoms with E-state index in [9.17, 15) is 0 Å². The van der Waals surface area contributed by atoms with Crippen molar-refractivity contribution in [1.82, 2.24) is 0 Å². The molecule has 0 aliphatic rings. The minimum absolute atomic E-state index is 1.14. The molecule has 1 rings (SSSR count). The monoisotopic (exact) mass is 188 g/mol. The first-order valence-corrected chi connectivity index (χ1v) is 5.30. The molecule has 0 N–H and O–H groups in total. The van der Waals surface area contributed by atoms with Crippen LogP contribution in [-0.2, 0) is 0 Å². The molecule has 0 nitrogen and oxygen atoms in total. The van der Waals surface area contributed by atoms with E-state index in [0.717, 1.165) is 6.42 Å². The molecular weight excluding hydrogens is 168 g/mol. The second kappa shape index (κ2) is 4.45. The molecule has 1 aromatic rings. The van der Waals surface area contributed by atoms with Crippen LogP contribution >= 0.6 is 0 Å². The molecular formula is C14H20. The fourth-order valence-corrected chi connectivity index (χ4v) is 1.63. The summed E-state index contributed by atoms with van der Waals surface area (Å²) in [6, 6.07) is 6.66. The predicted molar refractivity (Wildman–Crippen MR) is 64.5 cm³/mol. The Labute approximate surface area is 87.7 Å². The maximum atomic E-state index is 2.28. The van der Waals surface area contributed by atoms with Crippen molar-refractivity contribution < 1.29 is 0 Å². The summed E-state index contributed by atoms with van der Waals surface area (Å²) in [5.41, 5.74) is 7.05.